The molecule has 2 aromatic heterocycles. The topological polar surface area (TPSA) is 169 Å². The number of aliphatic hydroxyl groups excluding tert-OH is 2. The first-order chi connectivity index (χ1) is 25.4. The van der Waals surface area contributed by atoms with E-state index in [0.717, 1.165) is 5.56 Å². The van der Waals surface area contributed by atoms with Crippen molar-refractivity contribution >= 4 is 28.8 Å². The number of aliphatic hydroxyl groups is 2. The van der Waals surface area contributed by atoms with Gasteiger partial charge in [0, 0.05) is 48.8 Å². The lowest BCUT2D eigenvalue weighted by atomic mass is 9.74. The number of amides is 1. The highest BCUT2D eigenvalue weighted by atomic mass is 16.7. The summed E-state index contributed by atoms with van der Waals surface area (Å²) in [5.74, 6) is -5.66. The molecule has 6 rings (SSSR count). The van der Waals surface area contributed by atoms with E-state index in [1.54, 1.807) is 55.0 Å². The average Bonchev–Trinajstić information content (AvgIpc) is 3.64. The number of hydrogen-bond donors (Lipinski definition) is 3. The lowest BCUT2D eigenvalue weighted by Gasteiger charge is -2.37. The maximum absolute atomic E-state index is 14.5. The number of nitrogens with zero attached hydrogens (tertiary/aromatic N) is 3. The fourth-order valence-corrected chi connectivity index (χ4v) is 7.78. The number of Topliss-reactive ketones (excluding diaryl/α,β-unsaturated/α-hetero) is 2. The zero-order chi connectivity index (χ0) is 39.5. The third-order valence-electron chi connectivity index (χ3n) is 11.8. The summed E-state index contributed by atoms with van der Waals surface area (Å²) < 4.78 is 19.7. The van der Waals surface area contributed by atoms with Crippen molar-refractivity contribution in [2.24, 2.45) is 34.6 Å². The summed E-state index contributed by atoms with van der Waals surface area (Å²) in [4.78, 5) is 51.8. The summed E-state index contributed by atoms with van der Waals surface area (Å²) in [6.07, 6.45) is 7.44. The number of benzene rings is 1. The minimum atomic E-state index is -1.89. The number of hydrogen-bond acceptors (Lipinski definition) is 10. The Kier molecular flexibility index (Phi) is 10.3. The molecule has 3 aromatic rings. The summed E-state index contributed by atoms with van der Waals surface area (Å²) >= 11 is 0. The van der Waals surface area contributed by atoms with Crippen LogP contribution in [0.5, 0.6) is 11.5 Å². The molecule has 2 aliphatic heterocycles. The van der Waals surface area contributed by atoms with Crippen LogP contribution in [0, 0.1) is 43.4 Å². The number of phenolic OH excluding ortho intramolecular Hbond substituents is 1. The Morgan fingerprint density at radius 3 is 2.30 bits per heavy atom. The molecule has 0 saturated carbocycles. The molecule has 0 unspecified atom stereocenters. The van der Waals surface area contributed by atoms with E-state index in [4.69, 9.17) is 19.2 Å². The van der Waals surface area contributed by atoms with Crippen molar-refractivity contribution in [3.05, 3.63) is 82.4 Å². The van der Waals surface area contributed by atoms with Crippen LogP contribution in [0.3, 0.4) is 0 Å². The van der Waals surface area contributed by atoms with Gasteiger partial charge in [-0.1, -0.05) is 52.8 Å². The first-order valence-electron chi connectivity index (χ1n) is 18.3. The number of aromatic hydroxyl groups is 1. The van der Waals surface area contributed by atoms with Crippen molar-refractivity contribution in [1.82, 2.24) is 9.38 Å². The van der Waals surface area contributed by atoms with Crippen LogP contribution in [0.2, 0.25) is 0 Å². The molecule has 5 bridgehead atoms. The summed E-state index contributed by atoms with van der Waals surface area (Å²) in [5.41, 5.74) is 1.65. The van der Waals surface area contributed by atoms with Crippen LogP contribution < -0.4 is 4.74 Å². The largest absolute Gasteiger partial charge is 0.507 e. The van der Waals surface area contributed by atoms with Crippen LogP contribution in [0.25, 0.3) is 16.9 Å². The number of ether oxygens (including phenoxy) is 3. The van der Waals surface area contributed by atoms with Crippen LogP contribution in [0.4, 0.5) is 0 Å². The quantitative estimate of drug-likeness (QED) is 0.266. The standard InChI is InChI=1S/C42H49N3O9/c1-19-14-16-45-28(18-19)43-32-29-30-37(48)26(8)39-31(29)40(50)42(9,54-39)53-17-15-27(52-10)23(5)22(4)24(6)36(47)25(7)35(46)20(2)12-11-13-21(3)41(51)44-33(34(32)45)38(30)49/h11-18,20,22-25,27,35-36,46-48H,1-10H3/b12-11+,17-15+,21-13-,44-33?/t20-,22+,23-,24-,25+,27-,35-,36-,42-/m0/s1. The number of aryl methyl sites for hydroxylation is 1. The summed E-state index contributed by atoms with van der Waals surface area (Å²) in [6.45, 7) is 16.0. The van der Waals surface area contributed by atoms with E-state index >= 15 is 0 Å². The zero-order valence-corrected chi connectivity index (χ0v) is 32.4. The molecule has 0 radical (unpaired) electrons. The van der Waals surface area contributed by atoms with Gasteiger partial charge in [0.1, 0.15) is 34.2 Å². The van der Waals surface area contributed by atoms with Gasteiger partial charge in [-0.05, 0) is 62.3 Å². The van der Waals surface area contributed by atoms with E-state index in [2.05, 4.69) is 4.99 Å². The molecule has 3 aliphatic rings. The number of imidazole rings is 1. The van der Waals surface area contributed by atoms with E-state index in [0.29, 0.717) is 5.65 Å². The van der Waals surface area contributed by atoms with Crippen molar-refractivity contribution in [3.8, 4) is 22.8 Å². The Balaban J connectivity index is 1.56. The van der Waals surface area contributed by atoms with E-state index in [-0.39, 0.29) is 74.3 Å². The third-order valence-corrected chi connectivity index (χ3v) is 11.8. The van der Waals surface area contributed by atoms with Crippen molar-refractivity contribution in [1.29, 1.82) is 0 Å². The Morgan fingerprint density at radius 2 is 1.61 bits per heavy atom. The third kappa shape index (κ3) is 6.29. The lowest BCUT2D eigenvalue weighted by Crippen LogP contribution is -2.41. The van der Waals surface area contributed by atoms with E-state index < -0.39 is 53.2 Å². The van der Waals surface area contributed by atoms with Crippen molar-refractivity contribution in [2.75, 3.05) is 7.11 Å². The molecular weight excluding hydrogens is 690 g/mol. The molecule has 4 heterocycles. The van der Waals surface area contributed by atoms with Gasteiger partial charge >= 0.3 is 5.79 Å². The van der Waals surface area contributed by atoms with Gasteiger partial charge in [0.25, 0.3) is 11.7 Å². The SMILES string of the molecule is CO[C@H]1/C=C/O[C@@]2(C)Oc3c(C)c(O)c4c(c3C2=O)-c2nc3cc(C)ccn3c2C(=NC(=O)/C(C)=C\C=C\[C@H](C)[C@H](O)[C@@H](C)[C@@H](O)[C@@H](C)[C@H](C)[C@@H]1C)C4=O. The van der Waals surface area contributed by atoms with Gasteiger partial charge < -0.3 is 29.5 Å². The van der Waals surface area contributed by atoms with Crippen LogP contribution >= 0.6 is 0 Å². The molecule has 1 aromatic carbocycles. The number of aromatic nitrogens is 2. The molecular formula is C42H49N3O9. The molecule has 3 N–H and O–H groups in total. The van der Waals surface area contributed by atoms with E-state index in [1.807, 2.05) is 47.6 Å². The van der Waals surface area contributed by atoms with Crippen LogP contribution in [0.15, 0.2) is 59.5 Å². The number of rotatable bonds is 1. The summed E-state index contributed by atoms with van der Waals surface area (Å²) in [7, 11) is 1.56. The van der Waals surface area contributed by atoms with Crippen LogP contribution in [0.1, 0.15) is 86.0 Å². The Bertz CT molecular complexity index is 2180. The van der Waals surface area contributed by atoms with Gasteiger partial charge in [-0.15, -0.1) is 0 Å². The van der Waals surface area contributed by atoms with Gasteiger partial charge in [-0.3, -0.25) is 18.8 Å². The summed E-state index contributed by atoms with van der Waals surface area (Å²) in [5, 5.41) is 34.3. The second-order valence-electron chi connectivity index (χ2n) is 15.3. The number of ketones is 2. The zero-order valence-electron chi connectivity index (χ0n) is 32.4. The maximum Gasteiger partial charge on any atom is 0.312 e. The highest BCUT2D eigenvalue weighted by Crippen LogP contribution is 2.52. The van der Waals surface area contributed by atoms with E-state index in [9.17, 15) is 29.7 Å². The van der Waals surface area contributed by atoms with Crippen molar-refractivity contribution < 1.29 is 43.9 Å². The van der Waals surface area contributed by atoms with Gasteiger partial charge in [0.05, 0.1) is 35.7 Å². The predicted octanol–water partition coefficient (Wildman–Crippen LogP) is 6.09. The number of fused-ring (bicyclic) bond motifs is 6. The molecule has 54 heavy (non-hydrogen) atoms. The minimum Gasteiger partial charge on any atom is -0.507 e. The van der Waals surface area contributed by atoms with E-state index in [1.165, 1.54) is 20.1 Å². The molecule has 0 spiro atoms. The van der Waals surface area contributed by atoms with Crippen molar-refractivity contribution in [2.45, 2.75) is 86.4 Å². The number of allylic oxidation sites excluding steroid dienone is 2. The first-order valence-corrected chi connectivity index (χ1v) is 18.3. The van der Waals surface area contributed by atoms with Crippen LogP contribution in [-0.2, 0) is 14.3 Å². The number of phenols is 1. The number of carbonyl (C=O) groups is 3. The van der Waals surface area contributed by atoms with Gasteiger partial charge in [-0.25, -0.2) is 9.98 Å². The fraction of sp³-hybridized carbons (Fsp3) is 0.452. The Hall–Kier alpha value is -4.91. The molecule has 0 saturated heterocycles. The number of carbonyl (C=O) groups excluding carboxylic acids is 3. The van der Waals surface area contributed by atoms with Gasteiger partial charge in [0.2, 0.25) is 5.78 Å². The summed E-state index contributed by atoms with van der Waals surface area (Å²) in [6, 6.07) is 3.61. The smallest absolute Gasteiger partial charge is 0.312 e. The second kappa shape index (κ2) is 14.4. The average molecular weight is 740 g/mol. The monoisotopic (exact) mass is 739 g/mol. The number of aliphatic imine (C=N–C) groups is 1. The predicted molar refractivity (Wildman–Crippen MR) is 203 cm³/mol. The molecule has 12 heteroatoms. The van der Waals surface area contributed by atoms with Gasteiger partial charge in [0.15, 0.2) is 0 Å². The fourth-order valence-electron chi connectivity index (χ4n) is 7.78. The highest BCUT2D eigenvalue weighted by Gasteiger charge is 2.52. The van der Waals surface area contributed by atoms with Crippen LogP contribution in [-0.4, -0.2) is 79.1 Å². The second-order valence-corrected chi connectivity index (χ2v) is 15.3. The molecule has 1 amide bonds. The number of pyridine rings is 1. The molecule has 1 aliphatic carbocycles. The Labute approximate surface area is 314 Å². The molecule has 286 valence electrons. The lowest BCUT2D eigenvalue weighted by molar-refractivity contribution is -0.114. The normalized spacial score (nSPS) is 32.7. The molecule has 0 fully saturated rings. The minimum absolute atomic E-state index is 0.0190. The maximum atomic E-state index is 14.5. The molecule has 9 atom stereocenters. The number of methoxy groups -OCH3 is 1. The van der Waals surface area contributed by atoms with Gasteiger partial charge in [-0.2, -0.15) is 0 Å². The Morgan fingerprint density at radius 1 is 0.907 bits per heavy atom. The van der Waals surface area contributed by atoms with Crippen molar-refractivity contribution in [3.63, 3.8) is 0 Å². The molecule has 12 nitrogen and oxygen atoms in total. The highest BCUT2D eigenvalue weighted by molar-refractivity contribution is 6.56. The first kappa shape index (κ1) is 38.8.